The van der Waals surface area contributed by atoms with Gasteiger partial charge in [0.05, 0.1) is 0 Å². The fraction of sp³-hybridized carbons (Fsp3) is 0.286. The molecule has 0 amide bonds. The predicted molar refractivity (Wildman–Crippen MR) is 182 cm³/mol. The molecule has 0 radical (unpaired) electrons. The SMILES string of the molecule is O=P([O-])([O-])Oc1c2c(c(OP(=O)([O-])[O-])c3c1C1CC3c3cc4c(cc31)C1CC4c3ccccc31)C1CC2c2cc3c(cc21)C1CC3c2ccccc21.[Na+].[Na+].[Na+].[Na+]. The smallest absolute Gasteiger partial charge is 0.780 e. The summed E-state index contributed by atoms with van der Waals surface area (Å²) in [5, 5.41) is 0. The van der Waals surface area contributed by atoms with Crippen LogP contribution in [0.1, 0.15) is 162 Å². The zero-order valence-corrected chi connectivity index (χ0v) is 41.3. The van der Waals surface area contributed by atoms with Crippen molar-refractivity contribution in [3.8, 4) is 11.5 Å². The van der Waals surface area contributed by atoms with Gasteiger partial charge in [0.2, 0.25) is 0 Å². The fourth-order valence-electron chi connectivity index (χ4n) is 12.9. The van der Waals surface area contributed by atoms with Gasteiger partial charge in [-0.3, -0.25) is 0 Å². The molecule has 0 aromatic heterocycles. The number of rotatable bonds is 4. The Morgan fingerprint density at radius 1 is 0.375 bits per heavy atom. The Labute approximate surface area is 412 Å². The van der Waals surface area contributed by atoms with Gasteiger partial charge in [-0.2, -0.15) is 0 Å². The summed E-state index contributed by atoms with van der Waals surface area (Å²) < 4.78 is 36.3. The Kier molecular flexibility index (Phi) is 10.2. The van der Waals surface area contributed by atoms with E-state index in [-0.39, 0.29) is 177 Å². The fourth-order valence-corrected chi connectivity index (χ4v) is 13.7. The molecule has 0 heterocycles. The van der Waals surface area contributed by atoms with E-state index in [9.17, 15) is 28.7 Å². The van der Waals surface area contributed by atoms with Gasteiger partial charge in [0.1, 0.15) is 27.1 Å². The Morgan fingerprint density at radius 3 is 0.821 bits per heavy atom. The first kappa shape index (κ1) is 41.4. The van der Waals surface area contributed by atoms with Gasteiger partial charge in [-0.25, -0.2) is 0 Å². The third-order valence-electron chi connectivity index (χ3n) is 14.3. The minimum absolute atomic E-state index is 0. The molecule has 0 N–H and O–H groups in total. The van der Waals surface area contributed by atoms with Crippen molar-refractivity contribution >= 4 is 15.6 Å². The van der Waals surface area contributed by atoms with E-state index in [1.165, 1.54) is 44.5 Å². The topological polar surface area (TPSA) is 145 Å². The van der Waals surface area contributed by atoms with Crippen molar-refractivity contribution in [3.63, 3.8) is 0 Å². The van der Waals surface area contributed by atoms with E-state index >= 15 is 0 Å². The first-order valence-electron chi connectivity index (χ1n) is 18.2. The van der Waals surface area contributed by atoms with Crippen LogP contribution in [0.3, 0.4) is 0 Å². The molecule has 8 aliphatic carbocycles. The van der Waals surface area contributed by atoms with E-state index in [1.54, 1.807) is 0 Å². The molecule has 0 saturated carbocycles. The van der Waals surface area contributed by atoms with Gasteiger partial charge < -0.3 is 37.8 Å². The molecule has 0 saturated heterocycles. The Morgan fingerprint density at radius 2 is 0.589 bits per heavy atom. The molecule has 8 aliphatic rings. The minimum atomic E-state index is -5.56. The van der Waals surface area contributed by atoms with E-state index in [0.717, 1.165) is 35.1 Å². The number of hydrogen-bond donors (Lipinski definition) is 0. The summed E-state index contributed by atoms with van der Waals surface area (Å²) in [7, 11) is -11.1. The Hall–Kier alpha value is 0.00000000000000222. The molecule has 5 aromatic rings. The van der Waals surface area contributed by atoms with Crippen LogP contribution in [0, 0.1) is 0 Å². The molecule has 5 aromatic carbocycles. The van der Waals surface area contributed by atoms with Gasteiger partial charge >= 0.3 is 118 Å². The molecule has 8 unspecified atom stereocenters. The first-order valence-corrected chi connectivity index (χ1v) is 21.1. The predicted octanol–water partition coefficient (Wildman–Crippen LogP) is -5.96. The van der Waals surface area contributed by atoms with Gasteiger partial charge in [0.15, 0.2) is 0 Å². The van der Waals surface area contributed by atoms with E-state index < -0.39 is 15.6 Å². The van der Waals surface area contributed by atoms with Crippen LogP contribution < -0.4 is 147 Å². The summed E-state index contributed by atoms with van der Waals surface area (Å²) in [6, 6.07) is 26.2. The summed E-state index contributed by atoms with van der Waals surface area (Å²) in [6.07, 6.45) is 3.10. The average Bonchev–Trinajstić information content (AvgIpc) is 3.98. The largest absolute Gasteiger partial charge is 1.00 e. The normalized spacial score (nSPS) is 26.9. The number of benzene rings is 5. The van der Waals surface area contributed by atoms with Crippen molar-refractivity contribution in [2.24, 2.45) is 0 Å². The van der Waals surface area contributed by atoms with Crippen LogP contribution in [0.15, 0.2) is 72.8 Å². The molecule has 56 heavy (non-hydrogen) atoms. The Balaban J connectivity index is 0.00000102. The zero-order chi connectivity index (χ0) is 34.7. The zero-order valence-electron chi connectivity index (χ0n) is 31.5. The van der Waals surface area contributed by atoms with Crippen LogP contribution in [-0.2, 0) is 9.13 Å². The molecule has 0 spiro atoms. The van der Waals surface area contributed by atoms with Gasteiger partial charge in [0.25, 0.3) is 0 Å². The molecule has 8 nitrogen and oxygen atoms in total. The van der Waals surface area contributed by atoms with Crippen LogP contribution in [0.4, 0.5) is 0 Å². The van der Waals surface area contributed by atoms with Gasteiger partial charge in [-0.15, -0.1) is 0 Å². The quantitative estimate of drug-likeness (QED) is 0.129. The van der Waals surface area contributed by atoms with Crippen molar-refractivity contribution in [1.29, 1.82) is 0 Å². The summed E-state index contributed by atoms with van der Waals surface area (Å²) in [5.41, 5.74) is 16.6. The summed E-state index contributed by atoms with van der Waals surface area (Å²) in [4.78, 5) is 50.4. The summed E-state index contributed by atoms with van der Waals surface area (Å²) >= 11 is 0. The van der Waals surface area contributed by atoms with Crippen molar-refractivity contribution < 1.29 is 156 Å². The molecule has 0 fully saturated rings. The number of phosphoric acid groups is 2. The van der Waals surface area contributed by atoms with Gasteiger partial charge in [0, 0.05) is 69.6 Å². The molecular weight excluding hydrogens is 786 g/mol. The monoisotopic (exact) mass is 814 g/mol. The van der Waals surface area contributed by atoms with Crippen LogP contribution in [0.5, 0.6) is 11.5 Å². The maximum Gasteiger partial charge on any atom is 1.00 e. The molecule has 258 valence electrons. The van der Waals surface area contributed by atoms with E-state index in [0.29, 0.717) is 35.1 Å². The van der Waals surface area contributed by atoms with Gasteiger partial charge in [-0.05, 0) is 92.4 Å². The van der Waals surface area contributed by atoms with Crippen LogP contribution in [0.25, 0.3) is 0 Å². The first-order chi connectivity index (χ1) is 25.0. The molecule has 0 aliphatic heterocycles. The van der Waals surface area contributed by atoms with Crippen molar-refractivity contribution in [2.45, 2.75) is 73.0 Å². The number of phosphoric ester groups is 2. The van der Waals surface area contributed by atoms with Crippen molar-refractivity contribution in [1.82, 2.24) is 0 Å². The average molecular weight is 815 g/mol. The van der Waals surface area contributed by atoms with Gasteiger partial charge in [-0.1, -0.05) is 72.8 Å². The van der Waals surface area contributed by atoms with Crippen molar-refractivity contribution in [3.05, 3.63) is 162 Å². The third-order valence-corrected chi connectivity index (χ3v) is 15.1. The summed E-state index contributed by atoms with van der Waals surface area (Å²) in [6.45, 7) is 0. The maximum atomic E-state index is 12.6. The molecule has 8 atom stereocenters. The molecule has 14 heteroatoms. The summed E-state index contributed by atoms with van der Waals surface area (Å²) in [5.74, 6) is -0.203. The second kappa shape index (κ2) is 13.8. The minimum Gasteiger partial charge on any atom is -0.780 e. The standard InChI is InChI=1S/C42H32O8P2.4Na/c43-51(44,45)49-41-37-33-15-34(30-12-26-22-9-21(25(26)11-29(30)33)17-5-1-2-6-18(17)22)38(37)42(50-52(46,47)48)40-36-16-35(39(40)41)31-13-27-23-10-24(28(27)14-32(31)36)20-8-4-3-7-19(20)23;;;;/h1-8,11-14,21-24,33-36H,9-10,15-16H2,(H2,43,44,45)(H2,46,47,48);;;;/q;4*+1/p-4. The molecular formula is C42H28Na4O8P2. The third kappa shape index (κ3) is 5.37. The van der Waals surface area contributed by atoms with E-state index in [4.69, 9.17) is 9.05 Å². The number of hydrogen-bond acceptors (Lipinski definition) is 8. The van der Waals surface area contributed by atoms with Crippen LogP contribution in [-0.4, -0.2) is 0 Å². The number of fused-ring (bicyclic) bond motifs is 32. The Bertz CT molecular complexity index is 2360. The van der Waals surface area contributed by atoms with E-state index in [2.05, 4.69) is 72.8 Å². The second-order valence-electron chi connectivity index (χ2n) is 16.2. The molecule has 8 bridgehead atoms. The van der Waals surface area contributed by atoms with Crippen molar-refractivity contribution in [2.75, 3.05) is 0 Å². The van der Waals surface area contributed by atoms with Crippen LogP contribution in [0.2, 0.25) is 0 Å². The second-order valence-corrected chi connectivity index (χ2v) is 18.4. The maximum absolute atomic E-state index is 12.6. The van der Waals surface area contributed by atoms with Crippen LogP contribution >= 0.6 is 15.6 Å². The molecule has 13 rings (SSSR count). The van der Waals surface area contributed by atoms with E-state index in [1.807, 2.05) is 0 Å².